The minimum absolute atomic E-state index is 0.0917. The van der Waals surface area contributed by atoms with Gasteiger partial charge in [0.05, 0.1) is 6.61 Å². The molecule has 2 aliphatic carbocycles. The molecule has 140 valence electrons. The van der Waals surface area contributed by atoms with Gasteiger partial charge in [0, 0.05) is 12.2 Å². The number of hydrogen-bond donors (Lipinski definition) is 0. The van der Waals surface area contributed by atoms with E-state index >= 15 is 0 Å². The van der Waals surface area contributed by atoms with Crippen molar-refractivity contribution in [3.05, 3.63) is 35.1 Å². The van der Waals surface area contributed by atoms with Crippen LogP contribution < -0.4 is 0 Å². The van der Waals surface area contributed by atoms with Gasteiger partial charge in [0.2, 0.25) is 0 Å². The Morgan fingerprint density at radius 1 is 0.920 bits per heavy atom. The van der Waals surface area contributed by atoms with Crippen molar-refractivity contribution >= 4 is 0 Å². The van der Waals surface area contributed by atoms with Crippen LogP contribution in [0.2, 0.25) is 0 Å². The highest BCUT2D eigenvalue weighted by molar-refractivity contribution is 5.27. The van der Waals surface area contributed by atoms with Gasteiger partial charge in [0.15, 0.2) is 0 Å². The summed E-state index contributed by atoms with van der Waals surface area (Å²) >= 11 is 0. The summed E-state index contributed by atoms with van der Waals surface area (Å²) in [5.41, 5.74) is 1.89. The van der Waals surface area contributed by atoms with E-state index in [9.17, 15) is 4.39 Å². The lowest BCUT2D eigenvalue weighted by Gasteiger charge is -2.38. The van der Waals surface area contributed by atoms with E-state index in [1.807, 2.05) is 13.0 Å². The van der Waals surface area contributed by atoms with Crippen LogP contribution in [0.1, 0.15) is 88.7 Å². The van der Waals surface area contributed by atoms with Gasteiger partial charge in [0.1, 0.15) is 5.82 Å². The van der Waals surface area contributed by atoms with Gasteiger partial charge in [-0.25, -0.2) is 4.39 Å². The first-order valence-corrected chi connectivity index (χ1v) is 10.6. The molecule has 1 aromatic carbocycles. The average molecular weight is 347 g/mol. The van der Waals surface area contributed by atoms with Gasteiger partial charge < -0.3 is 4.74 Å². The Hall–Kier alpha value is -0.890. The highest BCUT2D eigenvalue weighted by Crippen LogP contribution is 2.44. The van der Waals surface area contributed by atoms with Gasteiger partial charge in [-0.2, -0.15) is 0 Å². The van der Waals surface area contributed by atoms with E-state index in [2.05, 4.69) is 13.0 Å². The second kappa shape index (κ2) is 9.16. The number of ether oxygens (including phenoxy) is 1. The molecule has 0 bridgehead atoms. The molecule has 0 heterocycles. The van der Waals surface area contributed by atoms with Crippen molar-refractivity contribution in [3.63, 3.8) is 0 Å². The molecule has 0 N–H and O–H groups in total. The van der Waals surface area contributed by atoms with Crippen LogP contribution in [0.4, 0.5) is 4.39 Å². The van der Waals surface area contributed by atoms with Crippen LogP contribution in [0, 0.1) is 23.6 Å². The fourth-order valence-electron chi connectivity index (χ4n) is 5.14. The van der Waals surface area contributed by atoms with E-state index < -0.39 is 0 Å². The van der Waals surface area contributed by atoms with Gasteiger partial charge in [-0.15, -0.1) is 0 Å². The highest BCUT2D eigenvalue weighted by Gasteiger charge is 2.31. The Balaban J connectivity index is 1.51. The lowest BCUT2D eigenvalue weighted by molar-refractivity contribution is 0.131. The maximum atomic E-state index is 14.3. The van der Waals surface area contributed by atoms with Crippen molar-refractivity contribution in [2.75, 3.05) is 6.61 Å². The van der Waals surface area contributed by atoms with Crippen LogP contribution in [-0.4, -0.2) is 6.61 Å². The van der Waals surface area contributed by atoms with E-state index in [-0.39, 0.29) is 5.82 Å². The largest absolute Gasteiger partial charge is 0.377 e. The van der Waals surface area contributed by atoms with Crippen LogP contribution in [0.3, 0.4) is 0 Å². The predicted molar refractivity (Wildman–Crippen MR) is 102 cm³/mol. The van der Waals surface area contributed by atoms with Gasteiger partial charge in [-0.1, -0.05) is 38.3 Å². The second-order valence-corrected chi connectivity index (χ2v) is 8.29. The van der Waals surface area contributed by atoms with Gasteiger partial charge in [0.25, 0.3) is 0 Å². The summed E-state index contributed by atoms with van der Waals surface area (Å²) in [7, 11) is 0. The molecule has 0 saturated heterocycles. The maximum absolute atomic E-state index is 14.3. The first-order valence-electron chi connectivity index (χ1n) is 10.6. The van der Waals surface area contributed by atoms with E-state index in [1.165, 1.54) is 63.4 Å². The van der Waals surface area contributed by atoms with Crippen LogP contribution in [-0.2, 0) is 11.3 Å². The Morgan fingerprint density at radius 2 is 1.56 bits per heavy atom. The molecule has 2 saturated carbocycles. The summed E-state index contributed by atoms with van der Waals surface area (Å²) in [6.45, 7) is 5.30. The molecule has 2 heteroatoms. The van der Waals surface area contributed by atoms with Crippen molar-refractivity contribution in [3.8, 4) is 0 Å². The molecular formula is C23H35FO. The molecule has 1 aromatic rings. The van der Waals surface area contributed by atoms with Crippen molar-refractivity contribution in [1.82, 2.24) is 0 Å². The number of hydrogen-bond acceptors (Lipinski definition) is 1. The van der Waals surface area contributed by atoms with E-state index in [1.54, 1.807) is 6.07 Å². The Kier molecular flexibility index (Phi) is 6.92. The molecule has 1 nitrogen and oxygen atoms in total. The smallest absolute Gasteiger partial charge is 0.129 e. The predicted octanol–water partition coefficient (Wildman–Crippen LogP) is 6.85. The van der Waals surface area contributed by atoms with Gasteiger partial charge >= 0.3 is 0 Å². The first kappa shape index (κ1) is 18.9. The average Bonchev–Trinajstić information content (AvgIpc) is 2.67. The Bertz CT molecular complexity index is 525. The van der Waals surface area contributed by atoms with Crippen molar-refractivity contribution in [2.45, 2.75) is 84.2 Å². The second-order valence-electron chi connectivity index (χ2n) is 8.29. The van der Waals surface area contributed by atoms with E-state index in [0.717, 1.165) is 17.8 Å². The van der Waals surface area contributed by atoms with Crippen molar-refractivity contribution in [1.29, 1.82) is 0 Å². The van der Waals surface area contributed by atoms with Gasteiger partial charge in [-0.3, -0.25) is 0 Å². The lowest BCUT2D eigenvalue weighted by Crippen LogP contribution is -2.25. The van der Waals surface area contributed by atoms with Crippen LogP contribution in [0.15, 0.2) is 18.2 Å². The van der Waals surface area contributed by atoms with Crippen LogP contribution in [0.25, 0.3) is 0 Å². The zero-order valence-corrected chi connectivity index (χ0v) is 16.1. The molecule has 0 aromatic heterocycles. The Labute approximate surface area is 153 Å². The summed E-state index contributed by atoms with van der Waals surface area (Å²) < 4.78 is 19.6. The molecule has 25 heavy (non-hydrogen) atoms. The third-order valence-electron chi connectivity index (χ3n) is 6.92. The quantitative estimate of drug-likeness (QED) is 0.547. The molecule has 0 unspecified atom stereocenters. The molecule has 0 aliphatic heterocycles. The summed E-state index contributed by atoms with van der Waals surface area (Å²) in [5, 5.41) is 0. The van der Waals surface area contributed by atoms with Crippen LogP contribution in [0.5, 0.6) is 0 Å². The normalized spacial score (nSPS) is 30.4. The molecule has 3 rings (SSSR count). The fourth-order valence-corrected chi connectivity index (χ4v) is 5.14. The Morgan fingerprint density at radius 3 is 2.12 bits per heavy atom. The lowest BCUT2D eigenvalue weighted by atomic mass is 9.68. The summed E-state index contributed by atoms with van der Waals surface area (Å²) in [6.07, 6.45) is 12.3. The summed E-state index contributed by atoms with van der Waals surface area (Å²) in [5.74, 6) is 3.35. The standard InChI is InChI=1S/C23H35FO/c1-3-17-5-7-18(8-6-17)19-9-11-20(12-10-19)21-13-14-22(16-25-4-2)23(24)15-21/h13-15,17-20H,3-12,16H2,1-2H3/t17-,18-,19-,20-. The minimum atomic E-state index is -0.0917. The fraction of sp³-hybridized carbons (Fsp3) is 0.739. The molecule has 0 radical (unpaired) electrons. The number of halogens is 1. The SMILES string of the molecule is CCOCc1ccc([C@H]2CC[C@H]([C@H]3CC[C@H](CC)CC3)CC2)cc1F. The number of benzene rings is 1. The third-order valence-corrected chi connectivity index (χ3v) is 6.92. The highest BCUT2D eigenvalue weighted by atomic mass is 19.1. The number of rotatable bonds is 6. The first-order chi connectivity index (χ1) is 12.2. The maximum Gasteiger partial charge on any atom is 0.129 e. The van der Waals surface area contributed by atoms with E-state index in [4.69, 9.17) is 4.74 Å². The van der Waals surface area contributed by atoms with Gasteiger partial charge in [-0.05, 0) is 80.8 Å². The summed E-state index contributed by atoms with van der Waals surface area (Å²) in [4.78, 5) is 0. The summed E-state index contributed by atoms with van der Waals surface area (Å²) in [6, 6.07) is 5.83. The molecule has 2 aliphatic rings. The third kappa shape index (κ3) is 4.84. The van der Waals surface area contributed by atoms with E-state index in [0.29, 0.717) is 24.7 Å². The minimum Gasteiger partial charge on any atom is -0.377 e. The molecule has 0 atom stereocenters. The zero-order chi connectivity index (χ0) is 17.6. The monoisotopic (exact) mass is 346 g/mol. The van der Waals surface area contributed by atoms with Crippen LogP contribution >= 0.6 is 0 Å². The molecular weight excluding hydrogens is 311 g/mol. The van der Waals surface area contributed by atoms with Crippen molar-refractivity contribution < 1.29 is 9.13 Å². The molecule has 0 amide bonds. The molecule has 2 fully saturated rings. The topological polar surface area (TPSA) is 9.23 Å². The van der Waals surface area contributed by atoms with Crippen molar-refractivity contribution in [2.24, 2.45) is 17.8 Å². The molecule has 0 spiro atoms. The zero-order valence-electron chi connectivity index (χ0n) is 16.1.